The van der Waals surface area contributed by atoms with Gasteiger partial charge in [-0.15, -0.1) is 0 Å². The van der Waals surface area contributed by atoms with E-state index in [0.717, 1.165) is 43.1 Å². The van der Waals surface area contributed by atoms with E-state index >= 15 is 0 Å². The minimum Gasteiger partial charge on any atom is -0.325 e. The van der Waals surface area contributed by atoms with Crippen LogP contribution in [0.3, 0.4) is 0 Å². The van der Waals surface area contributed by atoms with Crippen LogP contribution in [-0.4, -0.2) is 24.0 Å². The van der Waals surface area contributed by atoms with Gasteiger partial charge in [0, 0.05) is 24.8 Å². The molecule has 2 amide bonds. The molecule has 4 nitrogen and oxygen atoms in total. The number of nitrogens with zero attached hydrogens (tertiary/aromatic N) is 1. The molecule has 1 aromatic carbocycles. The Morgan fingerprint density at radius 2 is 2.00 bits per heavy atom. The third-order valence-electron chi connectivity index (χ3n) is 3.99. The Bertz CT molecular complexity index is 442. The minimum atomic E-state index is 0.00708. The maximum atomic E-state index is 12.2. The van der Waals surface area contributed by atoms with Crippen LogP contribution in [0.5, 0.6) is 0 Å². The Morgan fingerprint density at radius 3 is 2.65 bits per heavy atom. The van der Waals surface area contributed by atoms with Crippen molar-refractivity contribution in [2.24, 2.45) is 11.7 Å². The number of hydrogen-bond donors (Lipinski definition) is 2. The van der Waals surface area contributed by atoms with Crippen molar-refractivity contribution < 1.29 is 4.79 Å². The topological polar surface area (TPSA) is 58.4 Å². The fraction of sp³-hybridized carbons (Fsp3) is 0.562. The van der Waals surface area contributed by atoms with Crippen LogP contribution in [0.25, 0.3) is 0 Å². The van der Waals surface area contributed by atoms with E-state index in [4.69, 9.17) is 5.73 Å². The predicted molar refractivity (Wildman–Crippen MR) is 82.7 cm³/mol. The third-order valence-corrected chi connectivity index (χ3v) is 3.99. The number of nitrogens with two attached hydrogens (primary N) is 1. The number of nitrogens with one attached hydrogen (secondary N) is 1. The molecule has 0 aliphatic carbocycles. The van der Waals surface area contributed by atoms with E-state index in [0.29, 0.717) is 0 Å². The Labute approximate surface area is 121 Å². The van der Waals surface area contributed by atoms with Gasteiger partial charge < -0.3 is 16.0 Å². The molecule has 0 radical (unpaired) electrons. The first-order valence-corrected chi connectivity index (χ1v) is 7.47. The number of carbonyl (C=O) groups is 1. The standard InChI is InChI=1S/C16H25N3O/c1-12-4-3-10-19(11-9-12)16(20)18-15-7-5-14(6-8-15)13(2)17/h5-8,12-13H,3-4,9-11,17H2,1-2H3,(H,18,20). The van der Waals surface area contributed by atoms with Gasteiger partial charge >= 0.3 is 6.03 Å². The summed E-state index contributed by atoms with van der Waals surface area (Å²) in [5, 5.41) is 2.97. The van der Waals surface area contributed by atoms with Gasteiger partial charge in [-0.1, -0.05) is 19.1 Å². The van der Waals surface area contributed by atoms with Gasteiger partial charge in [-0.3, -0.25) is 0 Å². The Hall–Kier alpha value is -1.55. The molecule has 20 heavy (non-hydrogen) atoms. The lowest BCUT2D eigenvalue weighted by Crippen LogP contribution is -2.35. The van der Waals surface area contributed by atoms with E-state index in [-0.39, 0.29) is 12.1 Å². The van der Waals surface area contributed by atoms with Gasteiger partial charge in [0.1, 0.15) is 0 Å². The van der Waals surface area contributed by atoms with Crippen LogP contribution < -0.4 is 11.1 Å². The first-order chi connectivity index (χ1) is 9.56. The zero-order valence-electron chi connectivity index (χ0n) is 12.4. The fourth-order valence-corrected chi connectivity index (χ4v) is 2.54. The van der Waals surface area contributed by atoms with Crippen molar-refractivity contribution in [3.8, 4) is 0 Å². The summed E-state index contributed by atoms with van der Waals surface area (Å²) in [6.07, 6.45) is 3.40. The maximum Gasteiger partial charge on any atom is 0.321 e. The van der Waals surface area contributed by atoms with Gasteiger partial charge in [0.05, 0.1) is 0 Å². The molecule has 0 spiro atoms. The fourth-order valence-electron chi connectivity index (χ4n) is 2.54. The number of hydrogen-bond acceptors (Lipinski definition) is 2. The van der Waals surface area contributed by atoms with Crippen molar-refractivity contribution >= 4 is 11.7 Å². The highest BCUT2D eigenvalue weighted by Gasteiger charge is 2.18. The second-order valence-corrected chi connectivity index (χ2v) is 5.86. The Kier molecular flexibility index (Phi) is 5.01. The first-order valence-electron chi connectivity index (χ1n) is 7.47. The molecule has 1 aliphatic heterocycles. The normalized spacial score (nSPS) is 21.1. The number of benzene rings is 1. The highest BCUT2D eigenvalue weighted by molar-refractivity contribution is 5.89. The minimum absolute atomic E-state index is 0.00708. The molecule has 2 unspecified atom stereocenters. The van der Waals surface area contributed by atoms with Gasteiger partial charge in [-0.2, -0.15) is 0 Å². The lowest BCUT2D eigenvalue weighted by Gasteiger charge is -2.21. The molecule has 2 atom stereocenters. The molecule has 0 saturated carbocycles. The largest absolute Gasteiger partial charge is 0.325 e. The summed E-state index contributed by atoms with van der Waals surface area (Å²) < 4.78 is 0. The van der Waals surface area contributed by atoms with Crippen molar-refractivity contribution in [1.29, 1.82) is 0 Å². The van der Waals surface area contributed by atoms with E-state index in [1.807, 2.05) is 36.1 Å². The van der Waals surface area contributed by atoms with Crippen LogP contribution in [0, 0.1) is 5.92 Å². The van der Waals surface area contributed by atoms with E-state index in [1.165, 1.54) is 6.42 Å². The summed E-state index contributed by atoms with van der Waals surface area (Å²) in [7, 11) is 0. The van der Waals surface area contributed by atoms with Crippen LogP contribution in [0.2, 0.25) is 0 Å². The molecular formula is C16H25N3O. The maximum absolute atomic E-state index is 12.2. The van der Waals surface area contributed by atoms with E-state index in [2.05, 4.69) is 12.2 Å². The summed E-state index contributed by atoms with van der Waals surface area (Å²) in [4.78, 5) is 14.2. The number of amides is 2. The molecule has 0 bridgehead atoms. The molecule has 4 heteroatoms. The van der Waals surface area contributed by atoms with Crippen molar-refractivity contribution in [3.63, 3.8) is 0 Å². The van der Waals surface area contributed by atoms with Crippen LogP contribution in [0.1, 0.15) is 44.7 Å². The molecule has 2 rings (SSSR count). The molecule has 3 N–H and O–H groups in total. The Morgan fingerprint density at radius 1 is 1.30 bits per heavy atom. The first kappa shape index (κ1) is 14.9. The van der Waals surface area contributed by atoms with Crippen molar-refractivity contribution in [2.75, 3.05) is 18.4 Å². The summed E-state index contributed by atoms with van der Waals surface area (Å²) in [5.41, 5.74) is 7.72. The van der Waals surface area contributed by atoms with Gasteiger partial charge in [0.15, 0.2) is 0 Å². The number of likely N-dealkylation sites (tertiary alicyclic amines) is 1. The van der Waals surface area contributed by atoms with E-state index in [9.17, 15) is 4.79 Å². The summed E-state index contributed by atoms with van der Waals surface area (Å²) in [6.45, 7) is 5.92. The SMILES string of the molecule is CC1CCCN(C(=O)Nc2ccc(C(C)N)cc2)CC1. The van der Waals surface area contributed by atoms with Crippen LogP contribution in [-0.2, 0) is 0 Å². The van der Waals surface area contributed by atoms with Crippen molar-refractivity contribution in [1.82, 2.24) is 4.90 Å². The van der Waals surface area contributed by atoms with E-state index < -0.39 is 0 Å². The molecule has 1 heterocycles. The number of anilines is 1. The molecule has 1 aromatic rings. The number of rotatable bonds is 2. The smallest absolute Gasteiger partial charge is 0.321 e. The summed E-state index contributed by atoms with van der Waals surface area (Å²) >= 11 is 0. The zero-order valence-corrected chi connectivity index (χ0v) is 12.4. The lowest BCUT2D eigenvalue weighted by molar-refractivity contribution is 0.213. The number of carbonyl (C=O) groups excluding carboxylic acids is 1. The van der Waals surface area contributed by atoms with Crippen LogP contribution in [0.15, 0.2) is 24.3 Å². The molecule has 110 valence electrons. The molecule has 1 saturated heterocycles. The van der Waals surface area contributed by atoms with Crippen LogP contribution in [0.4, 0.5) is 10.5 Å². The van der Waals surface area contributed by atoms with Crippen LogP contribution >= 0.6 is 0 Å². The monoisotopic (exact) mass is 275 g/mol. The zero-order chi connectivity index (χ0) is 14.5. The van der Waals surface area contributed by atoms with Crippen molar-refractivity contribution in [3.05, 3.63) is 29.8 Å². The van der Waals surface area contributed by atoms with Gasteiger partial charge in [-0.05, 0) is 49.8 Å². The molecule has 0 aromatic heterocycles. The average molecular weight is 275 g/mol. The second kappa shape index (κ2) is 6.75. The highest BCUT2D eigenvalue weighted by atomic mass is 16.2. The second-order valence-electron chi connectivity index (χ2n) is 5.86. The molecule has 1 fully saturated rings. The third kappa shape index (κ3) is 3.97. The number of urea groups is 1. The Balaban J connectivity index is 1.93. The quantitative estimate of drug-likeness (QED) is 0.869. The molecule has 1 aliphatic rings. The van der Waals surface area contributed by atoms with E-state index in [1.54, 1.807) is 0 Å². The average Bonchev–Trinajstić information content (AvgIpc) is 2.64. The van der Waals surface area contributed by atoms with Gasteiger partial charge in [0.2, 0.25) is 0 Å². The summed E-state index contributed by atoms with van der Waals surface area (Å²) in [6, 6.07) is 7.78. The highest BCUT2D eigenvalue weighted by Crippen LogP contribution is 2.18. The van der Waals surface area contributed by atoms with Gasteiger partial charge in [0.25, 0.3) is 0 Å². The van der Waals surface area contributed by atoms with Gasteiger partial charge in [-0.25, -0.2) is 4.79 Å². The lowest BCUT2D eigenvalue weighted by atomic mass is 10.0. The summed E-state index contributed by atoms with van der Waals surface area (Å²) in [5.74, 6) is 0.720. The van der Waals surface area contributed by atoms with Crippen molar-refractivity contribution in [2.45, 2.75) is 39.2 Å². The predicted octanol–water partition coefficient (Wildman–Crippen LogP) is 3.36. The molecular weight excluding hydrogens is 250 g/mol.